The summed E-state index contributed by atoms with van der Waals surface area (Å²) in [6.45, 7) is 2.08. The normalized spacial score (nSPS) is 12.0. The minimum Gasteiger partial charge on any atom is -0.325 e. The number of imidazole rings is 1. The molecule has 0 radical (unpaired) electrons. The summed E-state index contributed by atoms with van der Waals surface area (Å²) < 4.78 is 39.7. The maximum Gasteiger partial charge on any atom is 0.416 e. The molecule has 4 nitrogen and oxygen atoms in total. The highest BCUT2D eigenvalue weighted by Crippen LogP contribution is 2.31. The fraction of sp³-hybridized carbons (Fsp3) is 0.200. The molecule has 0 saturated heterocycles. The van der Waals surface area contributed by atoms with Crippen LogP contribution < -0.4 is 5.73 Å². The molecule has 114 valence electrons. The first-order valence-electron chi connectivity index (χ1n) is 6.61. The maximum absolute atomic E-state index is 12.6. The monoisotopic (exact) mass is 306 g/mol. The lowest BCUT2D eigenvalue weighted by atomic mass is 10.1. The first-order chi connectivity index (χ1) is 10.4. The van der Waals surface area contributed by atoms with E-state index in [0.717, 1.165) is 17.8 Å². The van der Waals surface area contributed by atoms with E-state index >= 15 is 0 Å². The molecule has 2 heterocycles. The highest BCUT2D eigenvalue weighted by Gasteiger charge is 2.30. The molecule has 2 N–H and O–H groups in total. The quantitative estimate of drug-likeness (QED) is 0.791. The van der Waals surface area contributed by atoms with Crippen molar-refractivity contribution in [3.05, 3.63) is 53.6 Å². The SMILES string of the molecule is Cc1cn2cc(CN)nc(-c3ccc(C(F)(F)F)cc3)c2n1. The largest absolute Gasteiger partial charge is 0.416 e. The number of fused-ring (bicyclic) bond motifs is 1. The van der Waals surface area contributed by atoms with Gasteiger partial charge in [0.1, 0.15) is 5.69 Å². The van der Waals surface area contributed by atoms with E-state index in [2.05, 4.69) is 9.97 Å². The van der Waals surface area contributed by atoms with Gasteiger partial charge in [0, 0.05) is 24.5 Å². The van der Waals surface area contributed by atoms with Gasteiger partial charge in [-0.25, -0.2) is 9.97 Å². The van der Waals surface area contributed by atoms with Gasteiger partial charge < -0.3 is 10.1 Å². The summed E-state index contributed by atoms with van der Waals surface area (Å²) in [7, 11) is 0. The van der Waals surface area contributed by atoms with Crippen LogP contribution in [-0.4, -0.2) is 14.4 Å². The maximum atomic E-state index is 12.6. The van der Waals surface area contributed by atoms with Gasteiger partial charge >= 0.3 is 6.18 Å². The van der Waals surface area contributed by atoms with Gasteiger partial charge in [0.15, 0.2) is 5.65 Å². The number of hydrogen-bond donors (Lipinski definition) is 1. The fourth-order valence-electron chi connectivity index (χ4n) is 2.28. The Kier molecular flexibility index (Phi) is 3.37. The van der Waals surface area contributed by atoms with Crippen LogP contribution in [0.5, 0.6) is 0 Å². The highest BCUT2D eigenvalue weighted by atomic mass is 19.4. The van der Waals surface area contributed by atoms with Crippen molar-refractivity contribution in [1.29, 1.82) is 0 Å². The van der Waals surface area contributed by atoms with Crippen molar-refractivity contribution in [2.75, 3.05) is 0 Å². The lowest BCUT2D eigenvalue weighted by molar-refractivity contribution is -0.137. The number of alkyl halides is 3. The van der Waals surface area contributed by atoms with Crippen molar-refractivity contribution in [3.63, 3.8) is 0 Å². The van der Waals surface area contributed by atoms with E-state index in [-0.39, 0.29) is 6.54 Å². The number of benzene rings is 1. The van der Waals surface area contributed by atoms with Gasteiger partial charge in [-0.2, -0.15) is 13.2 Å². The zero-order valence-corrected chi connectivity index (χ0v) is 11.7. The van der Waals surface area contributed by atoms with Crippen LogP contribution in [0, 0.1) is 6.92 Å². The van der Waals surface area contributed by atoms with Gasteiger partial charge in [-0.15, -0.1) is 0 Å². The Labute approximate surface area is 124 Å². The molecule has 1 aromatic carbocycles. The number of nitrogens with two attached hydrogens (primary N) is 1. The van der Waals surface area contributed by atoms with Crippen LogP contribution in [0.4, 0.5) is 13.2 Å². The molecule has 0 spiro atoms. The topological polar surface area (TPSA) is 56.2 Å². The molecule has 0 bridgehead atoms. The van der Waals surface area contributed by atoms with E-state index in [1.165, 1.54) is 12.1 Å². The fourth-order valence-corrected chi connectivity index (χ4v) is 2.28. The van der Waals surface area contributed by atoms with Crippen LogP contribution in [0.15, 0.2) is 36.7 Å². The molecule has 0 aliphatic carbocycles. The van der Waals surface area contributed by atoms with Crippen molar-refractivity contribution < 1.29 is 13.2 Å². The molecule has 3 aromatic rings. The summed E-state index contributed by atoms with van der Waals surface area (Å²) in [5.74, 6) is 0. The Morgan fingerprint density at radius 2 is 1.77 bits per heavy atom. The van der Waals surface area contributed by atoms with Crippen LogP contribution in [0.1, 0.15) is 17.0 Å². The third-order valence-corrected chi connectivity index (χ3v) is 3.30. The second kappa shape index (κ2) is 5.10. The molecule has 0 amide bonds. The second-order valence-electron chi connectivity index (χ2n) is 4.97. The molecule has 0 unspecified atom stereocenters. The van der Waals surface area contributed by atoms with Crippen molar-refractivity contribution in [2.24, 2.45) is 5.73 Å². The summed E-state index contributed by atoms with van der Waals surface area (Å²) >= 11 is 0. The van der Waals surface area contributed by atoms with E-state index in [1.807, 2.05) is 13.1 Å². The summed E-state index contributed by atoms with van der Waals surface area (Å²) in [6.07, 6.45) is -0.767. The molecule has 0 fully saturated rings. The third-order valence-electron chi connectivity index (χ3n) is 3.30. The summed E-state index contributed by atoms with van der Waals surface area (Å²) in [6, 6.07) is 4.88. The lowest BCUT2D eigenvalue weighted by Crippen LogP contribution is -2.05. The van der Waals surface area contributed by atoms with Crippen molar-refractivity contribution >= 4 is 5.65 Å². The molecule has 2 aromatic heterocycles. The summed E-state index contributed by atoms with van der Waals surface area (Å²) in [5.41, 5.74) is 8.05. The number of hydrogen-bond acceptors (Lipinski definition) is 3. The van der Waals surface area contributed by atoms with Crippen LogP contribution in [-0.2, 0) is 12.7 Å². The van der Waals surface area contributed by atoms with Gasteiger partial charge in [0.2, 0.25) is 0 Å². The van der Waals surface area contributed by atoms with Gasteiger partial charge in [-0.3, -0.25) is 0 Å². The summed E-state index contributed by atoms with van der Waals surface area (Å²) in [5, 5.41) is 0. The van der Waals surface area contributed by atoms with Gasteiger partial charge in [0.05, 0.1) is 17.0 Å². The standard InChI is InChI=1S/C15H13F3N4/c1-9-7-22-8-12(6-19)21-13(14(22)20-9)10-2-4-11(5-3-10)15(16,17)18/h2-5,7-8H,6,19H2,1H3. The molecule has 0 aliphatic heterocycles. The number of halogens is 3. The molecule has 3 rings (SSSR count). The molecule has 0 aliphatic rings. The number of aryl methyl sites for hydroxylation is 1. The Bertz CT molecular complexity index is 819. The Morgan fingerprint density at radius 3 is 2.36 bits per heavy atom. The number of nitrogens with zero attached hydrogens (tertiary/aromatic N) is 3. The van der Waals surface area contributed by atoms with Crippen LogP contribution in [0.25, 0.3) is 16.9 Å². The average molecular weight is 306 g/mol. The molecule has 22 heavy (non-hydrogen) atoms. The van der Waals surface area contributed by atoms with Gasteiger partial charge in [-0.05, 0) is 19.1 Å². The van der Waals surface area contributed by atoms with Gasteiger partial charge in [0.25, 0.3) is 0 Å². The van der Waals surface area contributed by atoms with E-state index in [1.54, 1.807) is 10.6 Å². The third kappa shape index (κ3) is 2.55. The highest BCUT2D eigenvalue weighted by molar-refractivity contribution is 5.74. The van der Waals surface area contributed by atoms with E-state index in [9.17, 15) is 13.2 Å². The summed E-state index contributed by atoms with van der Waals surface area (Å²) in [4.78, 5) is 8.78. The van der Waals surface area contributed by atoms with Crippen molar-refractivity contribution in [2.45, 2.75) is 19.6 Å². The van der Waals surface area contributed by atoms with E-state index < -0.39 is 11.7 Å². The molecular weight excluding hydrogens is 293 g/mol. The first-order valence-corrected chi connectivity index (χ1v) is 6.61. The Balaban J connectivity index is 2.16. The van der Waals surface area contributed by atoms with Gasteiger partial charge in [-0.1, -0.05) is 12.1 Å². The second-order valence-corrected chi connectivity index (χ2v) is 4.97. The molecule has 7 heteroatoms. The Morgan fingerprint density at radius 1 is 1.09 bits per heavy atom. The lowest BCUT2D eigenvalue weighted by Gasteiger charge is -2.09. The smallest absolute Gasteiger partial charge is 0.325 e. The number of aromatic nitrogens is 3. The average Bonchev–Trinajstić information content (AvgIpc) is 2.85. The van der Waals surface area contributed by atoms with E-state index in [4.69, 9.17) is 5.73 Å². The van der Waals surface area contributed by atoms with Crippen LogP contribution >= 0.6 is 0 Å². The minimum atomic E-state index is -4.36. The van der Waals surface area contributed by atoms with Crippen molar-refractivity contribution in [1.82, 2.24) is 14.4 Å². The first kappa shape index (κ1) is 14.5. The zero-order valence-electron chi connectivity index (χ0n) is 11.7. The van der Waals surface area contributed by atoms with Crippen LogP contribution in [0.3, 0.4) is 0 Å². The predicted molar refractivity (Wildman–Crippen MR) is 76.1 cm³/mol. The molecule has 0 saturated carbocycles. The molecular formula is C15H13F3N4. The number of rotatable bonds is 2. The predicted octanol–water partition coefficient (Wildman–Crippen LogP) is 3.18. The zero-order chi connectivity index (χ0) is 15.9. The Hall–Kier alpha value is -2.41. The minimum absolute atomic E-state index is 0.237. The molecule has 0 atom stereocenters. The van der Waals surface area contributed by atoms with Crippen LogP contribution in [0.2, 0.25) is 0 Å². The van der Waals surface area contributed by atoms with E-state index in [0.29, 0.717) is 22.6 Å². The van der Waals surface area contributed by atoms with Crippen molar-refractivity contribution in [3.8, 4) is 11.3 Å².